The number of hydrogen-bond acceptors (Lipinski definition) is 5. The number of nitrogens with zero attached hydrogens (tertiary/aromatic N) is 3. The fourth-order valence-electron chi connectivity index (χ4n) is 4.68. The first-order valence-electron chi connectivity index (χ1n) is 10.2. The normalized spacial score (nSPS) is 22.2. The molecule has 2 saturated heterocycles. The van der Waals surface area contributed by atoms with E-state index in [2.05, 4.69) is 9.88 Å². The van der Waals surface area contributed by atoms with Crippen molar-refractivity contribution < 1.29 is 14.3 Å². The lowest BCUT2D eigenvalue weighted by Crippen LogP contribution is -2.59. The Morgan fingerprint density at radius 1 is 1.07 bits per heavy atom. The predicted molar refractivity (Wildman–Crippen MR) is 109 cm³/mol. The van der Waals surface area contributed by atoms with Gasteiger partial charge in [0.15, 0.2) is 0 Å². The molecule has 6 nitrogen and oxygen atoms in total. The maximum absolute atomic E-state index is 13.5. The summed E-state index contributed by atoms with van der Waals surface area (Å²) in [5, 5.41) is 0. The summed E-state index contributed by atoms with van der Waals surface area (Å²) in [7, 11) is 1.38. The second kappa shape index (κ2) is 8.33. The van der Waals surface area contributed by atoms with E-state index in [9.17, 15) is 9.59 Å². The first-order valence-corrected chi connectivity index (χ1v) is 10.2. The first-order chi connectivity index (χ1) is 14.1. The number of rotatable bonds is 5. The smallest absolute Gasteiger partial charge is 0.337 e. The van der Waals surface area contributed by atoms with Gasteiger partial charge in [-0.2, -0.15) is 0 Å². The van der Waals surface area contributed by atoms with Crippen molar-refractivity contribution in [1.82, 2.24) is 14.8 Å². The van der Waals surface area contributed by atoms with Crippen molar-refractivity contribution in [2.45, 2.75) is 44.3 Å². The molecule has 1 amide bonds. The Labute approximate surface area is 171 Å². The quantitative estimate of drug-likeness (QED) is 0.731. The van der Waals surface area contributed by atoms with Crippen molar-refractivity contribution in [1.29, 1.82) is 0 Å². The molecule has 6 heteroatoms. The third-order valence-electron chi connectivity index (χ3n) is 6.15. The molecule has 2 aromatic rings. The second-order valence-electron chi connectivity index (χ2n) is 7.90. The number of likely N-dealkylation sites (tertiary alicyclic amines) is 2. The van der Waals surface area contributed by atoms with Crippen LogP contribution in [0.2, 0.25) is 0 Å². The maximum Gasteiger partial charge on any atom is 0.337 e. The van der Waals surface area contributed by atoms with Gasteiger partial charge in [0.2, 0.25) is 5.91 Å². The van der Waals surface area contributed by atoms with E-state index < -0.39 is 5.54 Å². The summed E-state index contributed by atoms with van der Waals surface area (Å²) in [6, 6.07) is 13.3. The van der Waals surface area contributed by atoms with Crippen molar-refractivity contribution >= 4 is 11.9 Å². The first kappa shape index (κ1) is 19.6. The van der Waals surface area contributed by atoms with Crippen molar-refractivity contribution in [3.63, 3.8) is 0 Å². The van der Waals surface area contributed by atoms with Crippen LogP contribution < -0.4 is 0 Å². The summed E-state index contributed by atoms with van der Waals surface area (Å²) in [6.07, 6.45) is 5.63. The third kappa shape index (κ3) is 3.90. The Balaban J connectivity index is 1.50. The summed E-state index contributed by atoms with van der Waals surface area (Å²) >= 11 is 0. The molecule has 1 aromatic heterocycles. The zero-order chi connectivity index (χ0) is 20.3. The van der Waals surface area contributed by atoms with Gasteiger partial charge in [0, 0.05) is 19.3 Å². The molecular formula is C23H27N3O3. The predicted octanol–water partition coefficient (Wildman–Crippen LogP) is 3.03. The summed E-state index contributed by atoms with van der Waals surface area (Å²) in [5.41, 5.74) is 2.17. The average molecular weight is 393 g/mol. The number of methoxy groups -OCH3 is 1. The van der Waals surface area contributed by atoms with Gasteiger partial charge in [-0.3, -0.25) is 14.7 Å². The number of carbonyl (C=O) groups excluding carboxylic acids is 2. The van der Waals surface area contributed by atoms with Crippen LogP contribution in [0.15, 0.2) is 48.7 Å². The third-order valence-corrected chi connectivity index (χ3v) is 6.15. The Hall–Kier alpha value is -2.73. The minimum absolute atomic E-state index is 0.234. The van der Waals surface area contributed by atoms with Crippen LogP contribution >= 0.6 is 0 Å². The molecule has 1 unspecified atom stereocenters. The highest BCUT2D eigenvalue weighted by Gasteiger charge is 2.50. The van der Waals surface area contributed by atoms with E-state index in [-0.39, 0.29) is 11.9 Å². The monoisotopic (exact) mass is 393 g/mol. The number of pyridine rings is 1. The zero-order valence-corrected chi connectivity index (χ0v) is 16.8. The maximum atomic E-state index is 13.5. The molecule has 0 radical (unpaired) electrons. The fourth-order valence-corrected chi connectivity index (χ4v) is 4.68. The molecule has 1 aromatic carbocycles. The van der Waals surface area contributed by atoms with Crippen LogP contribution in [0.1, 0.15) is 47.3 Å². The van der Waals surface area contributed by atoms with Crippen LogP contribution in [-0.4, -0.2) is 52.4 Å². The second-order valence-corrected chi connectivity index (χ2v) is 7.90. The Kier molecular flexibility index (Phi) is 5.62. The molecule has 1 atom stereocenters. The van der Waals surface area contributed by atoms with Crippen LogP contribution in [-0.2, 0) is 22.6 Å². The Morgan fingerprint density at radius 2 is 1.83 bits per heavy atom. The van der Waals surface area contributed by atoms with E-state index >= 15 is 0 Å². The van der Waals surface area contributed by atoms with Gasteiger partial charge in [-0.05, 0) is 62.1 Å². The fraction of sp³-hybridized carbons (Fsp3) is 0.435. The molecule has 0 bridgehead atoms. The molecule has 1 spiro atoms. The van der Waals surface area contributed by atoms with E-state index in [1.807, 2.05) is 35.2 Å². The Bertz CT molecular complexity index is 869. The van der Waals surface area contributed by atoms with Gasteiger partial charge in [-0.25, -0.2) is 4.79 Å². The largest absolute Gasteiger partial charge is 0.465 e. The van der Waals surface area contributed by atoms with Crippen LogP contribution in [0, 0.1) is 0 Å². The molecule has 152 valence electrons. The molecule has 0 saturated carbocycles. The SMILES string of the molecule is COC(=O)c1ccc(CN2CCCC23CCCN(Cc2ccccn2)C3=O)cc1. The van der Waals surface area contributed by atoms with E-state index in [1.54, 1.807) is 18.3 Å². The molecule has 0 aliphatic carbocycles. The molecule has 3 heterocycles. The zero-order valence-electron chi connectivity index (χ0n) is 16.8. The van der Waals surface area contributed by atoms with Crippen LogP contribution in [0.3, 0.4) is 0 Å². The molecule has 4 rings (SSSR count). The molecule has 29 heavy (non-hydrogen) atoms. The van der Waals surface area contributed by atoms with Crippen LogP contribution in [0.4, 0.5) is 0 Å². The average Bonchev–Trinajstić information content (AvgIpc) is 3.15. The number of hydrogen-bond donors (Lipinski definition) is 0. The lowest BCUT2D eigenvalue weighted by molar-refractivity contribution is -0.148. The summed E-state index contributed by atoms with van der Waals surface area (Å²) in [5.74, 6) is -0.0973. The standard InChI is InChI=1S/C23H27N3O3/c1-29-21(27)19-9-7-18(8-10-19)16-26-15-5-12-23(26)11-4-14-25(22(23)28)17-20-6-2-3-13-24-20/h2-3,6-10,13H,4-5,11-12,14-17H2,1H3. The highest BCUT2D eigenvalue weighted by Crippen LogP contribution is 2.39. The Morgan fingerprint density at radius 3 is 2.52 bits per heavy atom. The van der Waals surface area contributed by atoms with E-state index in [0.29, 0.717) is 18.7 Å². The van der Waals surface area contributed by atoms with E-state index in [4.69, 9.17) is 4.74 Å². The number of carbonyl (C=O) groups is 2. The highest BCUT2D eigenvalue weighted by molar-refractivity contribution is 5.89. The van der Waals surface area contributed by atoms with Crippen LogP contribution in [0.25, 0.3) is 0 Å². The summed E-state index contributed by atoms with van der Waals surface area (Å²) in [6.45, 7) is 2.99. The van der Waals surface area contributed by atoms with E-state index in [1.165, 1.54) is 7.11 Å². The lowest BCUT2D eigenvalue weighted by Gasteiger charge is -2.44. The van der Waals surface area contributed by atoms with Gasteiger partial charge in [-0.1, -0.05) is 18.2 Å². The van der Waals surface area contributed by atoms with Gasteiger partial charge in [-0.15, -0.1) is 0 Å². The van der Waals surface area contributed by atoms with Crippen molar-refractivity contribution in [3.05, 3.63) is 65.5 Å². The number of aromatic nitrogens is 1. The molecular weight excluding hydrogens is 366 g/mol. The van der Waals surface area contributed by atoms with Gasteiger partial charge >= 0.3 is 5.97 Å². The van der Waals surface area contributed by atoms with Crippen LogP contribution in [0.5, 0.6) is 0 Å². The van der Waals surface area contributed by atoms with Crippen molar-refractivity contribution in [2.24, 2.45) is 0 Å². The van der Waals surface area contributed by atoms with Crippen molar-refractivity contribution in [3.8, 4) is 0 Å². The van der Waals surface area contributed by atoms with Gasteiger partial charge in [0.1, 0.15) is 5.54 Å². The van der Waals surface area contributed by atoms with Gasteiger partial charge in [0.25, 0.3) is 0 Å². The summed E-state index contributed by atoms with van der Waals surface area (Å²) < 4.78 is 4.77. The minimum atomic E-state index is -0.409. The summed E-state index contributed by atoms with van der Waals surface area (Å²) in [4.78, 5) is 33.9. The lowest BCUT2D eigenvalue weighted by atomic mass is 9.85. The number of amides is 1. The van der Waals surface area contributed by atoms with Gasteiger partial charge in [0.05, 0.1) is 24.9 Å². The number of ether oxygens (including phenoxy) is 1. The number of benzene rings is 1. The number of piperidine rings is 1. The number of esters is 1. The molecule has 2 aliphatic rings. The topological polar surface area (TPSA) is 62.7 Å². The van der Waals surface area contributed by atoms with E-state index in [0.717, 1.165) is 50.0 Å². The van der Waals surface area contributed by atoms with Gasteiger partial charge < -0.3 is 9.64 Å². The molecule has 0 N–H and O–H groups in total. The highest BCUT2D eigenvalue weighted by atomic mass is 16.5. The van der Waals surface area contributed by atoms with Crippen molar-refractivity contribution in [2.75, 3.05) is 20.2 Å². The molecule has 2 aliphatic heterocycles. The molecule has 2 fully saturated rings. The minimum Gasteiger partial charge on any atom is -0.465 e.